The van der Waals surface area contributed by atoms with Crippen LogP contribution in [0.3, 0.4) is 0 Å². The van der Waals surface area contributed by atoms with Crippen LogP contribution in [0.1, 0.15) is 69.6 Å². The minimum atomic E-state index is -5.10. The number of imidazole rings is 1. The van der Waals surface area contributed by atoms with Crippen LogP contribution in [0, 0.1) is 0 Å². The zero-order valence-corrected chi connectivity index (χ0v) is 44.1. The number of H-pyrrole nitrogens is 1. The summed E-state index contributed by atoms with van der Waals surface area (Å²) in [6.07, 6.45) is -1.97. The highest BCUT2D eigenvalue weighted by atomic mass is 32.2. The Labute approximate surface area is 430 Å². The molecule has 23 heteroatoms. The summed E-state index contributed by atoms with van der Waals surface area (Å²) in [7, 11) is -5.50. The first kappa shape index (κ1) is 54.2. The summed E-state index contributed by atoms with van der Waals surface area (Å²) < 4.78 is 88.4. The monoisotopic (exact) mass is 1050 g/mol. The van der Waals surface area contributed by atoms with Crippen molar-refractivity contribution < 1.29 is 50.5 Å². The van der Waals surface area contributed by atoms with Gasteiger partial charge in [-0.25, -0.2) is 41.1 Å². The van der Waals surface area contributed by atoms with Crippen molar-refractivity contribution in [2.75, 3.05) is 34.4 Å². The van der Waals surface area contributed by atoms with Gasteiger partial charge in [0.25, 0.3) is 0 Å². The van der Waals surface area contributed by atoms with Crippen molar-refractivity contribution in [1.82, 2.24) is 34.6 Å². The lowest BCUT2D eigenvalue weighted by atomic mass is 9.97. The normalized spacial score (nSPS) is 13.0. The van der Waals surface area contributed by atoms with E-state index in [1.165, 1.54) is 38.4 Å². The number of benzene rings is 5. The van der Waals surface area contributed by atoms with Gasteiger partial charge in [-0.2, -0.15) is 4.31 Å². The minimum absolute atomic E-state index is 0.115. The van der Waals surface area contributed by atoms with Gasteiger partial charge in [0.1, 0.15) is 44.2 Å². The second-order valence-electron chi connectivity index (χ2n) is 19.0. The molecule has 1 aliphatic heterocycles. The molecule has 6 aromatic rings. The Morgan fingerprint density at radius 2 is 1.42 bits per heavy atom. The number of carbonyl (C=O) groups excluding carboxylic acids is 1. The Balaban J connectivity index is 1.55. The lowest BCUT2D eigenvalue weighted by Gasteiger charge is -2.32. The molecule has 392 valence electrons. The Morgan fingerprint density at radius 1 is 0.770 bits per heavy atom. The van der Waals surface area contributed by atoms with E-state index in [1.807, 2.05) is 0 Å². The molecule has 74 heavy (non-hydrogen) atoms. The molecule has 0 radical (unpaired) electrons. The van der Waals surface area contributed by atoms with Crippen molar-refractivity contribution in [3.8, 4) is 28.4 Å². The number of aliphatic imine (C=N–C) groups is 1. The van der Waals surface area contributed by atoms with Crippen LogP contribution in [-0.4, -0.2) is 105 Å². The molecule has 1 aromatic heterocycles. The van der Waals surface area contributed by atoms with Gasteiger partial charge in [-0.05, 0) is 112 Å². The number of para-hydroxylation sites is 1. The predicted octanol–water partition coefficient (Wildman–Crippen LogP) is 8.28. The number of carbonyl (C=O) groups is 2. The number of nitrogens with one attached hydrogen (secondary N) is 4. The number of aromatic amines is 1. The van der Waals surface area contributed by atoms with Crippen LogP contribution in [0.4, 0.5) is 15.3 Å². The molecule has 0 saturated heterocycles. The second kappa shape index (κ2) is 22.3. The lowest BCUT2D eigenvalue weighted by Crippen LogP contribution is -2.44. The van der Waals surface area contributed by atoms with Gasteiger partial charge < -0.3 is 34.4 Å². The summed E-state index contributed by atoms with van der Waals surface area (Å²) in [5.41, 5.74) is 4.12. The number of hydrogen-bond acceptors (Lipinski definition) is 15. The summed E-state index contributed by atoms with van der Waals surface area (Å²) >= 11 is 0. The number of alkyl carbamates (subject to hydrolysis) is 1. The molecule has 2 amide bonds. The van der Waals surface area contributed by atoms with E-state index in [-0.39, 0.29) is 67.7 Å². The highest BCUT2D eigenvalue weighted by molar-refractivity contribution is 7.92. The van der Waals surface area contributed by atoms with E-state index in [9.17, 15) is 14.7 Å². The maximum absolute atomic E-state index is 16.4. The topological polar surface area (TPSA) is 268 Å². The van der Waals surface area contributed by atoms with Gasteiger partial charge >= 0.3 is 12.2 Å². The number of carboxylic acid groups (broad SMARTS) is 1. The van der Waals surface area contributed by atoms with Crippen LogP contribution in [0.25, 0.3) is 22.2 Å². The molecule has 0 aliphatic carbocycles. The molecule has 1 aliphatic rings. The van der Waals surface area contributed by atoms with Crippen molar-refractivity contribution in [2.24, 2.45) is 15.3 Å². The van der Waals surface area contributed by atoms with Crippen LogP contribution >= 0.6 is 0 Å². The fraction of sp³-hybridized carbons (Fsp3) is 0.333. The third-order valence-corrected chi connectivity index (χ3v) is 15.0. The predicted molar refractivity (Wildman–Crippen MR) is 278 cm³/mol. The molecular formula is C51H60N10O11S2. The molecular weight excluding hydrogens is 993 g/mol. The third kappa shape index (κ3) is 12.8. The van der Waals surface area contributed by atoms with Gasteiger partial charge in [0.2, 0.25) is 20.0 Å². The number of fused-ring (bicyclic) bond motifs is 3. The fourth-order valence-corrected chi connectivity index (χ4v) is 11.4. The average molecular weight is 1050 g/mol. The van der Waals surface area contributed by atoms with E-state index in [4.69, 9.17) is 28.9 Å². The maximum atomic E-state index is 16.4. The quantitative estimate of drug-likeness (QED) is 0.0508. The molecule has 0 unspecified atom stereocenters. The molecule has 0 fully saturated rings. The third-order valence-electron chi connectivity index (χ3n) is 11.5. The van der Waals surface area contributed by atoms with Crippen molar-refractivity contribution in [2.45, 2.75) is 88.7 Å². The first-order valence-corrected chi connectivity index (χ1v) is 26.2. The lowest BCUT2D eigenvalue weighted by molar-refractivity contribution is 0.0528. The number of amidine groups is 1. The number of methoxy groups -OCH3 is 3. The highest BCUT2D eigenvalue weighted by Crippen LogP contribution is 2.41. The molecule has 0 atom stereocenters. The van der Waals surface area contributed by atoms with E-state index in [0.717, 1.165) is 9.87 Å². The van der Waals surface area contributed by atoms with E-state index in [1.54, 1.807) is 126 Å². The number of nitrogens with zero attached hydrogens (tertiary/aromatic N) is 6. The molecule has 7 rings (SSSR count). The SMILES string of the molecule is COc1ccc(CN(Cc2ccc(OC)cc2)S(=O)(=O)c2c(S(=O)(=O)NCCNC(=O)OC(C)(C)C)ccc(-c3cccc4[nH]c(CN(C(=O)O)C(C)(C)C)nc34)c2C2=Nc3cc(ccc3OC)CNN=N2)cc1. The van der Waals surface area contributed by atoms with Gasteiger partial charge in [0.05, 0.1) is 51.0 Å². The van der Waals surface area contributed by atoms with Gasteiger partial charge in [-0.1, -0.05) is 53.8 Å². The first-order chi connectivity index (χ1) is 35.0. The molecule has 5 aromatic carbocycles. The van der Waals surface area contributed by atoms with Gasteiger partial charge in [-0.3, -0.25) is 10.3 Å². The van der Waals surface area contributed by atoms with Crippen LogP contribution in [0.5, 0.6) is 17.2 Å². The molecule has 5 N–H and O–H groups in total. The van der Waals surface area contributed by atoms with Gasteiger partial charge in [0.15, 0.2) is 5.84 Å². The van der Waals surface area contributed by atoms with Crippen LogP contribution in [-0.2, 0) is 51.0 Å². The summed E-state index contributed by atoms with van der Waals surface area (Å²) in [6, 6.07) is 26.4. The number of hydrogen-bond donors (Lipinski definition) is 5. The zero-order valence-electron chi connectivity index (χ0n) is 42.5. The van der Waals surface area contributed by atoms with Crippen molar-refractivity contribution in [3.05, 3.63) is 125 Å². The van der Waals surface area contributed by atoms with E-state index < -0.39 is 53.2 Å². The largest absolute Gasteiger partial charge is 0.497 e. The number of amides is 2. The Bertz CT molecular complexity index is 3260. The van der Waals surface area contributed by atoms with Crippen LogP contribution in [0.15, 0.2) is 122 Å². The van der Waals surface area contributed by atoms with Crippen molar-refractivity contribution >= 4 is 54.8 Å². The van der Waals surface area contributed by atoms with Crippen LogP contribution in [0.2, 0.25) is 0 Å². The van der Waals surface area contributed by atoms with Crippen molar-refractivity contribution in [3.63, 3.8) is 0 Å². The van der Waals surface area contributed by atoms with Crippen molar-refractivity contribution in [1.29, 1.82) is 0 Å². The van der Waals surface area contributed by atoms with E-state index in [2.05, 4.69) is 30.8 Å². The van der Waals surface area contributed by atoms with Gasteiger partial charge in [-0.15, -0.1) is 5.11 Å². The molecule has 2 heterocycles. The minimum Gasteiger partial charge on any atom is -0.497 e. The number of ether oxygens (including phenoxy) is 4. The maximum Gasteiger partial charge on any atom is 0.408 e. The standard InChI is InChI=1S/C51H60N10O11S2/c1-50(2,3)61(49(63)64)31-43-55-39-12-10-11-38(45(39)57-43)37-22-24-42(73(65,66)54-26-25-52-48(62)72-51(4,5)6)46(44(37)47-56-40-27-34(28-53-59-58-47)17-23-41(40)71-9)74(67,68)60(29-32-13-18-35(69-7)19-14-32)30-33-15-20-36(70-8)21-16-33/h10-24,27,54H,25-26,28-31H2,1-9H3,(H,52,62)(H,55,57)(H,63,64)(H,53,56,58). The smallest absolute Gasteiger partial charge is 0.408 e. The van der Waals surface area contributed by atoms with Gasteiger partial charge in [0, 0.05) is 37.3 Å². The number of rotatable bonds is 18. The molecule has 21 nitrogen and oxygen atoms in total. The Hall–Kier alpha value is -7.60. The van der Waals surface area contributed by atoms with E-state index in [0.29, 0.717) is 45.0 Å². The van der Waals surface area contributed by atoms with Crippen LogP contribution < -0.4 is 29.7 Å². The second-order valence-corrected chi connectivity index (χ2v) is 22.6. The molecule has 2 bridgehead atoms. The summed E-state index contributed by atoms with van der Waals surface area (Å²) in [5, 5.41) is 21.5. The summed E-state index contributed by atoms with van der Waals surface area (Å²) in [6.45, 7) is 9.19. The fourth-order valence-electron chi connectivity index (χ4n) is 7.95. The highest BCUT2D eigenvalue weighted by Gasteiger charge is 2.39. The summed E-state index contributed by atoms with van der Waals surface area (Å²) in [4.78, 5) is 37.9. The molecule has 0 spiro atoms. The Morgan fingerprint density at radius 3 is 2.00 bits per heavy atom. The van der Waals surface area contributed by atoms with E-state index >= 15 is 16.8 Å². The summed E-state index contributed by atoms with van der Waals surface area (Å²) in [5.74, 6) is 1.28. The number of sulfonamides is 2. The molecule has 0 saturated carbocycles. The Kier molecular flexibility index (Phi) is 16.3. The number of aromatic nitrogens is 2. The average Bonchev–Trinajstić information content (AvgIpc) is 3.80. The zero-order chi connectivity index (χ0) is 53.6. The first-order valence-electron chi connectivity index (χ1n) is 23.3.